The van der Waals surface area contributed by atoms with Crippen molar-refractivity contribution in [3.63, 3.8) is 0 Å². The Labute approximate surface area is 100 Å². The molecule has 0 aromatic carbocycles. The summed E-state index contributed by atoms with van der Waals surface area (Å²) in [7, 11) is 2.16. The molecular weight excluding hydrogens is 198 g/mol. The lowest BCUT2D eigenvalue weighted by atomic mass is 10.1. The Morgan fingerprint density at radius 3 is 2.62 bits per heavy atom. The summed E-state index contributed by atoms with van der Waals surface area (Å²) in [6, 6.07) is 0.642. The Kier molecular flexibility index (Phi) is 5.81. The van der Waals surface area contributed by atoms with E-state index < -0.39 is 0 Å². The average Bonchev–Trinajstić information content (AvgIpc) is 2.81. The monoisotopic (exact) mass is 225 g/mol. The van der Waals surface area contributed by atoms with E-state index in [1.165, 1.54) is 32.1 Å². The molecule has 94 valence electrons. The van der Waals surface area contributed by atoms with Crippen LogP contribution < -0.4 is 5.73 Å². The van der Waals surface area contributed by atoms with Gasteiger partial charge in [0.15, 0.2) is 0 Å². The van der Waals surface area contributed by atoms with E-state index in [1.807, 2.05) is 0 Å². The topological polar surface area (TPSA) is 41.6 Å². The Balaban J connectivity index is 2.24. The standard InChI is InChI=1S/C13H27N3/c1-4-11(2)16(3)10-9-15-13(14)12-7-5-6-8-12/h11-12H,4-10H2,1-3H3,(H2,14,15). The maximum atomic E-state index is 6.01. The van der Waals surface area contributed by atoms with Crippen LogP contribution in [0, 0.1) is 5.92 Å². The largest absolute Gasteiger partial charge is 0.387 e. The van der Waals surface area contributed by atoms with Crippen molar-refractivity contribution >= 4 is 5.84 Å². The summed E-state index contributed by atoms with van der Waals surface area (Å²) >= 11 is 0. The van der Waals surface area contributed by atoms with E-state index in [-0.39, 0.29) is 0 Å². The van der Waals surface area contributed by atoms with Gasteiger partial charge in [-0.1, -0.05) is 19.8 Å². The molecule has 2 N–H and O–H groups in total. The summed E-state index contributed by atoms with van der Waals surface area (Å²) in [5.41, 5.74) is 6.01. The highest BCUT2D eigenvalue weighted by atomic mass is 15.1. The van der Waals surface area contributed by atoms with E-state index in [0.29, 0.717) is 12.0 Å². The van der Waals surface area contributed by atoms with Crippen molar-refractivity contribution < 1.29 is 0 Å². The van der Waals surface area contributed by atoms with Crippen LogP contribution in [0.25, 0.3) is 0 Å². The molecule has 0 bridgehead atoms. The Bertz CT molecular complexity index is 219. The minimum Gasteiger partial charge on any atom is -0.387 e. The van der Waals surface area contributed by atoms with Gasteiger partial charge in [0.1, 0.15) is 0 Å². The van der Waals surface area contributed by atoms with Gasteiger partial charge in [0.05, 0.1) is 12.4 Å². The highest BCUT2D eigenvalue weighted by Crippen LogP contribution is 2.24. The average molecular weight is 225 g/mol. The number of hydrogen-bond acceptors (Lipinski definition) is 2. The highest BCUT2D eigenvalue weighted by molar-refractivity contribution is 5.83. The molecule has 3 nitrogen and oxygen atoms in total. The van der Waals surface area contributed by atoms with Crippen LogP contribution in [0.2, 0.25) is 0 Å². The third kappa shape index (κ3) is 4.12. The lowest BCUT2D eigenvalue weighted by Crippen LogP contribution is -2.31. The molecule has 0 radical (unpaired) electrons. The van der Waals surface area contributed by atoms with Crippen LogP contribution in [0.15, 0.2) is 4.99 Å². The van der Waals surface area contributed by atoms with Gasteiger partial charge in [-0.3, -0.25) is 4.99 Å². The van der Waals surface area contributed by atoms with Crippen LogP contribution in [0.4, 0.5) is 0 Å². The SMILES string of the molecule is CCC(C)N(C)CCN=C(N)C1CCCC1. The molecular formula is C13H27N3. The van der Waals surface area contributed by atoms with E-state index in [1.54, 1.807) is 0 Å². The van der Waals surface area contributed by atoms with Crippen LogP contribution in [0.1, 0.15) is 46.0 Å². The molecule has 1 aliphatic rings. The van der Waals surface area contributed by atoms with Crippen LogP contribution in [-0.4, -0.2) is 36.9 Å². The van der Waals surface area contributed by atoms with E-state index in [0.717, 1.165) is 18.9 Å². The molecule has 1 unspecified atom stereocenters. The first kappa shape index (κ1) is 13.5. The Morgan fingerprint density at radius 1 is 1.44 bits per heavy atom. The van der Waals surface area contributed by atoms with Gasteiger partial charge in [-0.2, -0.15) is 0 Å². The van der Waals surface area contributed by atoms with Gasteiger partial charge in [-0.05, 0) is 33.2 Å². The van der Waals surface area contributed by atoms with Crippen molar-refractivity contribution in [2.45, 2.75) is 52.0 Å². The fraction of sp³-hybridized carbons (Fsp3) is 0.923. The van der Waals surface area contributed by atoms with Crippen molar-refractivity contribution in [3.8, 4) is 0 Å². The first-order valence-electron chi connectivity index (χ1n) is 6.65. The van der Waals surface area contributed by atoms with E-state index in [2.05, 4.69) is 30.8 Å². The maximum Gasteiger partial charge on any atom is 0.0968 e. The summed E-state index contributed by atoms with van der Waals surface area (Å²) in [6.07, 6.45) is 6.34. The number of hydrogen-bond donors (Lipinski definition) is 1. The fourth-order valence-electron chi connectivity index (χ4n) is 2.22. The zero-order valence-electron chi connectivity index (χ0n) is 11.1. The smallest absolute Gasteiger partial charge is 0.0968 e. The number of rotatable bonds is 6. The molecule has 0 saturated heterocycles. The number of nitrogens with zero attached hydrogens (tertiary/aromatic N) is 2. The van der Waals surface area contributed by atoms with E-state index in [4.69, 9.17) is 5.73 Å². The summed E-state index contributed by atoms with van der Waals surface area (Å²) in [5, 5.41) is 0. The molecule has 1 aliphatic carbocycles. The predicted molar refractivity (Wildman–Crippen MR) is 70.8 cm³/mol. The van der Waals surface area contributed by atoms with E-state index >= 15 is 0 Å². The van der Waals surface area contributed by atoms with Gasteiger partial charge in [-0.15, -0.1) is 0 Å². The number of amidine groups is 1. The van der Waals surface area contributed by atoms with E-state index in [9.17, 15) is 0 Å². The molecule has 3 heteroatoms. The molecule has 0 aromatic rings. The molecule has 0 aliphatic heterocycles. The number of likely N-dealkylation sites (N-methyl/N-ethyl adjacent to an activating group) is 1. The zero-order chi connectivity index (χ0) is 12.0. The molecule has 0 heterocycles. The molecule has 0 aromatic heterocycles. The van der Waals surface area contributed by atoms with Crippen molar-refractivity contribution in [1.29, 1.82) is 0 Å². The van der Waals surface area contributed by atoms with Crippen molar-refractivity contribution in [2.75, 3.05) is 20.1 Å². The molecule has 1 atom stereocenters. The number of nitrogens with two attached hydrogens (primary N) is 1. The molecule has 1 rings (SSSR count). The van der Waals surface area contributed by atoms with Crippen LogP contribution in [0.5, 0.6) is 0 Å². The van der Waals surface area contributed by atoms with Gasteiger partial charge in [0.25, 0.3) is 0 Å². The molecule has 1 saturated carbocycles. The van der Waals surface area contributed by atoms with Crippen LogP contribution in [-0.2, 0) is 0 Å². The first-order chi connectivity index (χ1) is 7.65. The molecule has 0 spiro atoms. The quantitative estimate of drug-likeness (QED) is 0.556. The van der Waals surface area contributed by atoms with Crippen LogP contribution in [0.3, 0.4) is 0 Å². The third-order valence-corrected chi connectivity index (χ3v) is 3.86. The second kappa shape index (κ2) is 6.89. The minimum absolute atomic E-state index is 0.578. The second-order valence-electron chi connectivity index (χ2n) is 5.03. The first-order valence-corrected chi connectivity index (χ1v) is 6.65. The highest BCUT2D eigenvalue weighted by Gasteiger charge is 2.18. The summed E-state index contributed by atoms with van der Waals surface area (Å²) in [5.74, 6) is 1.48. The van der Waals surface area contributed by atoms with Crippen molar-refractivity contribution in [1.82, 2.24) is 4.90 Å². The van der Waals surface area contributed by atoms with Crippen LogP contribution >= 0.6 is 0 Å². The maximum absolute atomic E-state index is 6.01. The van der Waals surface area contributed by atoms with Gasteiger partial charge in [0.2, 0.25) is 0 Å². The lowest BCUT2D eigenvalue weighted by molar-refractivity contribution is 0.259. The molecule has 1 fully saturated rings. The molecule has 0 amide bonds. The molecule has 16 heavy (non-hydrogen) atoms. The zero-order valence-corrected chi connectivity index (χ0v) is 11.1. The Hall–Kier alpha value is -0.570. The van der Waals surface area contributed by atoms with Gasteiger partial charge >= 0.3 is 0 Å². The summed E-state index contributed by atoms with van der Waals surface area (Å²) in [6.45, 7) is 6.34. The van der Waals surface area contributed by atoms with Crippen molar-refractivity contribution in [3.05, 3.63) is 0 Å². The van der Waals surface area contributed by atoms with Gasteiger partial charge < -0.3 is 10.6 Å². The number of aliphatic imine (C=N–C) groups is 1. The second-order valence-corrected chi connectivity index (χ2v) is 5.03. The van der Waals surface area contributed by atoms with Gasteiger partial charge in [0, 0.05) is 18.5 Å². The third-order valence-electron chi connectivity index (χ3n) is 3.86. The summed E-state index contributed by atoms with van der Waals surface area (Å²) < 4.78 is 0. The Morgan fingerprint density at radius 2 is 2.06 bits per heavy atom. The lowest BCUT2D eigenvalue weighted by Gasteiger charge is -2.22. The normalized spacial score (nSPS) is 20.6. The summed E-state index contributed by atoms with van der Waals surface area (Å²) in [4.78, 5) is 6.87. The minimum atomic E-state index is 0.578. The predicted octanol–water partition coefficient (Wildman–Crippen LogP) is 2.26. The van der Waals surface area contributed by atoms with Crippen molar-refractivity contribution in [2.24, 2.45) is 16.6 Å². The van der Waals surface area contributed by atoms with Gasteiger partial charge in [-0.25, -0.2) is 0 Å². The fourth-order valence-corrected chi connectivity index (χ4v) is 2.22.